The van der Waals surface area contributed by atoms with E-state index in [0.717, 1.165) is 25.1 Å². The molecule has 3 amide bonds. The Balaban J connectivity index is 1.76. The van der Waals surface area contributed by atoms with E-state index in [1.165, 1.54) is 4.90 Å². The summed E-state index contributed by atoms with van der Waals surface area (Å²) < 4.78 is 0. The van der Waals surface area contributed by atoms with Crippen LogP contribution in [0, 0.1) is 0 Å². The Hall–Kier alpha value is -1.95. The van der Waals surface area contributed by atoms with Gasteiger partial charge in [-0.2, -0.15) is 0 Å². The van der Waals surface area contributed by atoms with Crippen molar-refractivity contribution in [1.29, 1.82) is 0 Å². The molecule has 6 heteroatoms. The number of likely N-dealkylation sites (N-methyl/N-ethyl adjacent to an activating group) is 1. The first-order valence-electron chi connectivity index (χ1n) is 8.72. The van der Waals surface area contributed by atoms with Gasteiger partial charge in [-0.1, -0.05) is 13.0 Å². The number of carbonyl (C=O) groups excluding carboxylic acids is 2. The van der Waals surface area contributed by atoms with Gasteiger partial charge in [0.05, 0.1) is 6.54 Å². The van der Waals surface area contributed by atoms with Gasteiger partial charge in [-0.15, -0.1) is 0 Å². The number of hydrogen-bond acceptors (Lipinski definition) is 4. The third-order valence-electron chi connectivity index (χ3n) is 5.71. The van der Waals surface area contributed by atoms with E-state index in [4.69, 9.17) is 0 Å². The van der Waals surface area contributed by atoms with Crippen LogP contribution in [0.3, 0.4) is 0 Å². The number of rotatable bonds is 4. The van der Waals surface area contributed by atoms with Gasteiger partial charge in [-0.05, 0) is 37.8 Å². The molecule has 0 unspecified atom stereocenters. The van der Waals surface area contributed by atoms with Crippen LogP contribution < -0.4 is 0 Å². The maximum atomic E-state index is 13.1. The molecule has 2 aliphatic rings. The molecule has 24 heavy (non-hydrogen) atoms. The van der Waals surface area contributed by atoms with E-state index in [1.807, 2.05) is 12.1 Å². The summed E-state index contributed by atoms with van der Waals surface area (Å²) in [6.45, 7) is 6.42. The van der Waals surface area contributed by atoms with Gasteiger partial charge in [0.2, 0.25) is 0 Å². The number of urea groups is 1. The van der Waals surface area contributed by atoms with Crippen molar-refractivity contribution in [3.63, 3.8) is 0 Å². The van der Waals surface area contributed by atoms with Crippen molar-refractivity contribution in [2.75, 3.05) is 20.1 Å². The number of likely N-dealkylation sites (tertiary alicyclic amines) is 1. The second kappa shape index (κ2) is 6.51. The Kier molecular flexibility index (Phi) is 4.58. The number of nitrogens with zero attached hydrogens (tertiary/aromatic N) is 4. The number of aromatic nitrogens is 1. The minimum atomic E-state index is -0.663. The molecular formula is C18H26N4O2. The SMILES string of the molecule is CC[C@@H](C)N1CCC2(CC1)C(=O)N(Cc1cccnc1)C(=O)N2C. The van der Waals surface area contributed by atoms with Crippen LogP contribution in [0.15, 0.2) is 24.5 Å². The van der Waals surface area contributed by atoms with E-state index in [1.54, 1.807) is 24.3 Å². The van der Waals surface area contributed by atoms with Gasteiger partial charge in [0.25, 0.3) is 5.91 Å². The van der Waals surface area contributed by atoms with Crippen LogP contribution in [0.5, 0.6) is 0 Å². The summed E-state index contributed by atoms with van der Waals surface area (Å²) >= 11 is 0. The van der Waals surface area contributed by atoms with Crippen molar-refractivity contribution >= 4 is 11.9 Å². The van der Waals surface area contributed by atoms with Crippen LogP contribution in [0.4, 0.5) is 4.79 Å². The zero-order valence-corrected chi connectivity index (χ0v) is 14.7. The molecule has 2 fully saturated rings. The minimum Gasteiger partial charge on any atom is -0.312 e. The maximum Gasteiger partial charge on any atom is 0.327 e. The molecular weight excluding hydrogens is 304 g/mol. The predicted molar refractivity (Wildman–Crippen MR) is 91.2 cm³/mol. The second-order valence-electron chi connectivity index (χ2n) is 6.92. The van der Waals surface area contributed by atoms with Crippen LogP contribution in [-0.2, 0) is 11.3 Å². The largest absolute Gasteiger partial charge is 0.327 e. The Bertz CT molecular complexity index is 611. The number of amides is 3. The highest BCUT2D eigenvalue weighted by Crippen LogP contribution is 2.37. The number of imide groups is 1. The van der Waals surface area contributed by atoms with Crippen molar-refractivity contribution in [3.8, 4) is 0 Å². The molecule has 3 rings (SSSR count). The summed E-state index contributed by atoms with van der Waals surface area (Å²) in [5.41, 5.74) is 0.213. The highest BCUT2D eigenvalue weighted by atomic mass is 16.2. The average molecular weight is 330 g/mol. The van der Waals surface area contributed by atoms with Crippen LogP contribution in [0.2, 0.25) is 0 Å². The highest BCUT2D eigenvalue weighted by Gasteiger charge is 2.56. The zero-order chi connectivity index (χ0) is 17.3. The number of hydrogen-bond donors (Lipinski definition) is 0. The molecule has 0 saturated carbocycles. The first-order chi connectivity index (χ1) is 11.5. The van der Waals surface area contributed by atoms with Gasteiger partial charge in [0.15, 0.2) is 0 Å². The van der Waals surface area contributed by atoms with E-state index >= 15 is 0 Å². The van der Waals surface area contributed by atoms with Crippen molar-refractivity contribution in [2.24, 2.45) is 0 Å². The topological polar surface area (TPSA) is 56.8 Å². The molecule has 130 valence electrons. The lowest BCUT2D eigenvalue weighted by Crippen LogP contribution is -2.56. The smallest absolute Gasteiger partial charge is 0.312 e. The summed E-state index contributed by atoms with van der Waals surface area (Å²) in [5.74, 6) is -0.0531. The first kappa shape index (κ1) is 16.9. The normalized spacial score (nSPS) is 22.5. The Morgan fingerprint density at radius 1 is 1.29 bits per heavy atom. The summed E-state index contributed by atoms with van der Waals surface area (Å²) in [7, 11) is 1.77. The Labute approximate surface area is 143 Å². The maximum absolute atomic E-state index is 13.1. The Morgan fingerprint density at radius 2 is 2.00 bits per heavy atom. The van der Waals surface area contributed by atoms with Gasteiger partial charge in [-0.3, -0.25) is 14.7 Å². The summed E-state index contributed by atoms with van der Waals surface area (Å²) in [5, 5.41) is 0. The molecule has 6 nitrogen and oxygen atoms in total. The van der Waals surface area contributed by atoms with Crippen molar-refractivity contribution in [3.05, 3.63) is 30.1 Å². The fourth-order valence-electron chi connectivity index (χ4n) is 3.80. The molecule has 0 bridgehead atoms. The molecule has 1 aromatic heterocycles. The van der Waals surface area contributed by atoms with Gasteiger partial charge >= 0.3 is 6.03 Å². The van der Waals surface area contributed by atoms with E-state index in [0.29, 0.717) is 25.4 Å². The van der Waals surface area contributed by atoms with E-state index in [9.17, 15) is 9.59 Å². The molecule has 0 aliphatic carbocycles. The van der Waals surface area contributed by atoms with Gasteiger partial charge in [0.1, 0.15) is 5.54 Å². The van der Waals surface area contributed by atoms with E-state index in [-0.39, 0.29) is 11.9 Å². The zero-order valence-electron chi connectivity index (χ0n) is 14.7. The lowest BCUT2D eigenvalue weighted by atomic mass is 9.85. The lowest BCUT2D eigenvalue weighted by molar-refractivity contribution is -0.135. The fourth-order valence-corrected chi connectivity index (χ4v) is 3.80. The molecule has 1 atom stereocenters. The molecule has 0 aromatic carbocycles. The highest BCUT2D eigenvalue weighted by molar-refractivity contribution is 6.06. The van der Waals surface area contributed by atoms with E-state index < -0.39 is 5.54 Å². The third kappa shape index (κ3) is 2.69. The minimum absolute atomic E-state index is 0.0531. The molecule has 2 saturated heterocycles. The van der Waals surface area contributed by atoms with E-state index in [2.05, 4.69) is 23.7 Å². The monoisotopic (exact) mass is 330 g/mol. The van der Waals surface area contributed by atoms with Crippen molar-refractivity contribution in [2.45, 2.75) is 51.2 Å². The standard InChI is InChI=1S/C18H26N4O2/c1-4-14(2)21-10-7-18(8-11-21)16(23)22(17(24)20(18)3)13-15-6-5-9-19-12-15/h5-6,9,12,14H,4,7-8,10-11,13H2,1-3H3/t14-/m1/s1. The first-order valence-corrected chi connectivity index (χ1v) is 8.72. The van der Waals surface area contributed by atoms with Crippen molar-refractivity contribution < 1.29 is 9.59 Å². The number of carbonyl (C=O) groups is 2. The van der Waals surface area contributed by atoms with Crippen LogP contribution >= 0.6 is 0 Å². The van der Waals surface area contributed by atoms with Gasteiger partial charge < -0.3 is 9.80 Å². The van der Waals surface area contributed by atoms with Crippen LogP contribution in [0.25, 0.3) is 0 Å². The lowest BCUT2D eigenvalue weighted by Gasteiger charge is -2.42. The molecule has 3 heterocycles. The number of pyridine rings is 1. The summed E-state index contributed by atoms with van der Waals surface area (Å²) in [6, 6.07) is 4.04. The molecule has 0 radical (unpaired) electrons. The Morgan fingerprint density at radius 3 is 2.58 bits per heavy atom. The predicted octanol–water partition coefficient (Wildman–Crippen LogP) is 2.11. The molecule has 0 N–H and O–H groups in total. The fraction of sp³-hybridized carbons (Fsp3) is 0.611. The molecule has 1 spiro atoms. The van der Waals surface area contributed by atoms with Gasteiger partial charge in [0, 0.05) is 38.6 Å². The van der Waals surface area contributed by atoms with Crippen LogP contribution in [0.1, 0.15) is 38.7 Å². The summed E-state index contributed by atoms with van der Waals surface area (Å²) in [4.78, 5) is 35.3. The van der Waals surface area contributed by atoms with Gasteiger partial charge in [-0.25, -0.2) is 4.79 Å². The number of piperidine rings is 1. The van der Waals surface area contributed by atoms with Crippen molar-refractivity contribution in [1.82, 2.24) is 19.7 Å². The third-order valence-corrected chi connectivity index (χ3v) is 5.71. The average Bonchev–Trinajstić information content (AvgIpc) is 2.79. The molecule has 2 aliphatic heterocycles. The summed E-state index contributed by atoms with van der Waals surface area (Å²) in [6.07, 6.45) is 5.92. The quantitative estimate of drug-likeness (QED) is 0.794. The van der Waals surface area contributed by atoms with Crippen LogP contribution in [-0.4, -0.2) is 63.3 Å². The molecule has 1 aromatic rings. The second-order valence-corrected chi connectivity index (χ2v) is 6.92.